The highest BCUT2D eigenvalue weighted by molar-refractivity contribution is 7.89. The summed E-state index contributed by atoms with van der Waals surface area (Å²) in [5, 5.41) is 0. The van der Waals surface area contributed by atoms with E-state index in [1.807, 2.05) is 18.4 Å². The molecule has 1 aromatic rings. The zero-order chi connectivity index (χ0) is 15.6. The quantitative estimate of drug-likeness (QED) is 0.778. The number of methoxy groups -OCH3 is 1. The van der Waals surface area contributed by atoms with E-state index in [9.17, 15) is 8.42 Å². The Morgan fingerprint density at radius 3 is 2.71 bits per heavy atom. The van der Waals surface area contributed by atoms with Crippen molar-refractivity contribution in [2.75, 3.05) is 20.2 Å². The van der Waals surface area contributed by atoms with Crippen LogP contribution in [0.2, 0.25) is 0 Å². The molecular weight excluding hydrogens is 312 g/mol. The molecule has 1 saturated heterocycles. The number of aromatic nitrogens is 1. The Morgan fingerprint density at radius 1 is 1.48 bits per heavy atom. The minimum absolute atomic E-state index is 0.0202. The largest absolute Gasteiger partial charge is 0.380 e. The Hall–Kier alpha value is -0.560. The lowest BCUT2D eigenvalue weighted by molar-refractivity contribution is 0.0572. The summed E-state index contributed by atoms with van der Waals surface area (Å²) in [6.45, 7) is 4.98. The fourth-order valence-corrected chi connectivity index (χ4v) is 4.47. The van der Waals surface area contributed by atoms with E-state index in [2.05, 4.69) is 0 Å². The molecule has 21 heavy (non-hydrogen) atoms. The standard InChI is InChI=1S/C14H23ClN2O3S/c1-11(2)17-10-14(7-12(17)8-15)21(18,19)16-6-4-5-13(9-16)20-3/h7,10-11,13H,4-6,8-9H2,1-3H3. The van der Waals surface area contributed by atoms with Crippen molar-refractivity contribution in [3.8, 4) is 0 Å². The van der Waals surface area contributed by atoms with Crippen LogP contribution in [0.15, 0.2) is 17.2 Å². The molecule has 1 unspecified atom stereocenters. The van der Waals surface area contributed by atoms with Gasteiger partial charge < -0.3 is 9.30 Å². The lowest BCUT2D eigenvalue weighted by Gasteiger charge is -2.30. The maximum atomic E-state index is 12.8. The second-order valence-electron chi connectivity index (χ2n) is 5.66. The van der Waals surface area contributed by atoms with Crippen LogP contribution in [0.1, 0.15) is 38.4 Å². The second kappa shape index (κ2) is 6.69. The van der Waals surface area contributed by atoms with E-state index < -0.39 is 10.0 Å². The Morgan fingerprint density at radius 2 is 2.19 bits per heavy atom. The lowest BCUT2D eigenvalue weighted by atomic mass is 10.1. The summed E-state index contributed by atoms with van der Waals surface area (Å²) in [5.41, 5.74) is 0.825. The Bertz CT molecular complexity index is 583. The maximum Gasteiger partial charge on any atom is 0.244 e. The molecule has 1 aromatic heterocycles. The van der Waals surface area contributed by atoms with E-state index in [0.717, 1.165) is 18.5 Å². The van der Waals surface area contributed by atoms with Gasteiger partial charge in [-0.3, -0.25) is 0 Å². The minimum atomic E-state index is -3.48. The molecule has 0 radical (unpaired) electrons. The molecule has 0 bridgehead atoms. The van der Waals surface area contributed by atoms with Crippen LogP contribution in [0, 0.1) is 0 Å². The average molecular weight is 335 g/mol. The molecule has 0 N–H and O–H groups in total. The summed E-state index contributed by atoms with van der Waals surface area (Å²) >= 11 is 5.92. The molecule has 2 heterocycles. The normalized spacial score (nSPS) is 21.1. The highest BCUT2D eigenvalue weighted by atomic mass is 35.5. The van der Waals surface area contributed by atoms with Gasteiger partial charge in [0.15, 0.2) is 0 Å². The molecule has 1 aliphatic rings. The molecule has 0 spiro atoms. The molecule has 0 amide bonds. The van der Waals surface area contributed by atoms with Crippen molar-refractivity contribution in [3.63, 3.8) is 0 Å². The predicted octanol–water partition coefficient (Wildman–Crippen LogP) is 2.61. The summed E-state index contributed by atoms with van der Waals surface area (Å²) in [5.74, 6) is 0.300. The summed E-state index contributed by atoms with van der Waals surface area (Å²) < 4.78 is 34.3. The second-order valence-corrected chi connectivity index (χ2v) is 7.87. The molecule has 5 nitrogen and oxygen atoms in total. The first-order valence-corrected chi connectivity index (χ1v) is 9.17. The van der Waals surface area contributed by atoms with Gasteiger partial charge >= 0.3 is 0 Å². The van der Waals surface area contributed by atoms with Gasteiger partial charge in [-0.05, 0) is 32.8 Å². The third-order valence-electron chi connectivity index (χ3n) is 3.91. The van der Waals surface area contributed by atoms with E-state index >= 15 is 0 Å². The van der Waals surface area contributed by atoms with E-state index in [1.54, 1.807) is 19.4 Å². The average Bonchev–Trinajstić information content (AvgIpc) is 2.92. The third-order valence-corrected chi connectivity index (χ3v) is 6.02. The molecule has 7 heteroatoms. The van der Waals surface area contributed by atoms with Crippen molar-refractivity contribution in [2.45, 2.75) is 49.6 Å². The number of sulfonamides is 1. The van der Waals surface area contributed by atoms with Gasteiger partial charge in [-0.2, -0.15) is 4.31 Å². The highest BCUT2D eigenvalue weighted by Crippen LogP contribution is 2.25. The minimum Gasteiger partial charge on any atom is -0.380 e. The van der Waals surface area contributed by atoms with Crippen molar-refractivity contribution in [3.05, 3.63) is 18.0 Å². The lowest BCUT2D eigenvalue weighted by Crippen LogP contribution is -2.42. The van der Waals surface area contributed by atoms with Crippen LogP contribution < -0.4 is 0 Å². The zero-order valence-corrected chi connectivity index (χ0v) is 14.3. The van der Waals surface area contributed by atoms with Gasteiger partial charge in [0.25, 0.3) is 0 Å². The summed E-state index contributed by atoms with van der Waals surface area (Å²) in [6.07, 6.45) is 3.40. The summed E-state index contributed by atoms with van der Waals surface area (Å²) in [6, 6.07) is 1.86. The third kappa shape index (κ3) is 3.44. The Kier molecular flexibility index (Phi) is 5.35. The zero-order valence-electron chi connectivity index (χ0n) is 12.8. The Labute approximate surface area is 131 Å². The predicted molar refractivity (Wildman–Crippen MR) is 83.2 cm³/mol. The topological polar surface area (TPSA) is 51.5 Å². The molecule has 1 atom stereocenters. The first-order valence-electron chi connectivity index (χ1n) is 7.19. The van der Waals surface area contributed by atoms with Crippen LogP contribution in [0.3, 0.4) is 0 Å². The number of ether oxygens (including phenoxy) is 1. The highest BCUT2D eigenvalue weighted by Gasteiger charge is 2.31. The fourth-order valence-electron chi connectivity index (χ4n) is 2.69. The van der Waals surface area contributed by atoms with Crippen molar-refractivity contribution >= 4 is 21.6 Å². The molecule has 1 aliphatic heterocycles. The van der Waals surface area contributed by atoms with Gasteiger partial charge in [-0.25, -0.2) is 8.42 Å². The van der Waals surface area contributed by atoms with Crippen LogP contribution in [-0.2, 0) is 20.6 Å². The number of halogens is 1. The molecule has 2 rings (SSSR count). The van der Waals surface area contributed by atoms with Crippen LogP contribution >= 0.6 is 11.6 Å². The van der Waals surface area contributed by atoms with Crippen LogP contribution in [0.25, 0.3) is 0 Å². The Balaban J connectivity index is 2.31. The van der Waals surface area contributed by atoms with Gasteiger partial charge in [-0.15, -0.1) is 11.6 Å². The van der Waals surface area contributed by atoms with Gasteiger partial charge in [0, 0.05) is 38.1 Å². The molecule has 0 aliphatic carbocycles. The van der Waals surface area contributed by atoms with Crippen molar-refractivity contribution < 1.29 is 13.2 Å². The number of hydrogen-bond acceptors (Lipinski definition) is 3. The molecular formula is C14H23ClN2O3S. The SMILES string of the molecule is COC1CCCN(S(=O)(=O)c2cc(CCl)n(C(C)C)c2)C1. The van der Waals surface area contributed by atoms with Gasteiger partial charge in [0.05, 0.1) is 12.0 Å². The fraction of sp³-hybridized carbons (Fsp3) is 0.714. The number of alkyl halides is 1. The number of piperidine rings is 1. The molecule has 0 aromatic carbocycles. The van der Waals surface area contributed by atoms with Crippen LogP contribution in [0.5, 0.6) is 0 Å². The summed E-state index contributed by atoms with van der Waals surface area (Å²) in [7, 11) is -1.85. The first kappa shape index (κ1) is 16.8. The van der Waals surface area contributed by atoms with Gasteiger partial charge in [0.2, 0.25) is 10.0 Å². The number of rotatable bonds is 5. The summed E-state index contributed by atoms with van der Waals surface area (Å²) in [4.78, 5) is 0.323. The maximum absolute atomic E-state index is 12.8. The van der Waals surface area contributed by atoms with Gasteiger partial charge in [-0.1, -0.05) is 0 Å². The first-order chi connectivity index (χ1) is 9.90. The number of hydrogen-bond donors (Lipinski definition) is 0. The molecule has 0 saturated carbocycles. The number of nitrogens with zero attached hydrogens (tertiary/aromatic N) is 2. The monoisotopic (exact) mass is 334 g/mol. The van der Waals surface area contributed by atoms with Crippen molar-refractivity contribution in [1.82, 2.24) is 8.87 Å². The van der Waals surface area contributed by atoms with Crippen LogP contribution in [-0.4, -0.2) is 43.6 Å². The van der Waals surface area contributed by atoms with Crippen LogP contribution in [0.4, 0.5) is 0 Å². The van der Waals surface area contributed by atoms with Crippen molar-refractivity contribution in [1.29, 1.82) is 0 Å². The van der Waals surface area contributed by atoms with E-state index in [4.69, 9.17) is 16.3 Å². The van der Waals surface area contributed by atoms with E-state index in [1.165, 1.54) is 4.31 Å². The van der Waals surface area contributed by atoms with Gasteiger partial charge in [0.1, 0.15) is 4.90 Å². The molecule has 1 fully saturated rings. The van der Waals surface area contributed by atoms with E-state index in [0.29, 0.717) is 23.9 Å². The molecule has 120 valence electrons. The smallest absolute Gasteiger partial charge is 0.244 e. The van der Waals surface area contributed by atoms with Crippen molar-refractivity contribution in [2.24, 2.45) is 0 Å². The van der Waals surface area contributed by atoms with E-state index in [-0.39, 0.29) is 12.1 Å².